The molecule has 1 atom stereocenters. The summed E-state index contributed by atoms with van der Waals surface area (Å²) in [4.78, 5) is 4.23. The number of hydrogen-bond donors (Lipinski definition) is 1. The van der Waals surface area contributed by atoms with Crippen molar-refractivity contribution in [3.63, 3.8) is 0 Å². The number of hydrogen-bond acceptors (Lipinski definition) is 3. The van der Waals surface area contributed by atoms with Gasteiger partial charge >= 0.3 is 0 Å². The van der Waals surface area contributed by atoms with Crippen LogP contribution >= 0.6 is 0 Å². The van der Waals surface area contributed by atoms with Crippen LogP contribution in [0.4, 0.5) is 0 Å². The minimum absolute atomic E-state index is 0.407. The maximum Gasteiger partial charge on any atom is 0.131 e. The molecule has 3 rings (SSSR count). The van der Waals surface area contributed by atoms with Gasteiger partial charge < -0.3 is 9.84 Å². The molecule has 1 aromatic heterocycles. The fraction of sp³-hybridized carbons (Fsp3) is 0.154. The lowest BCUT2D eigenvalue weighted by Gasteiger charge is -2.11. The van der Waals surface area contributed by atoms with E-state index in [1.807, 2.05) is 36.4 Å². The molecule has 3 nitrogen and oxygen atoms in total. The number of ether oxygens (including phenoxy) is 1. The molecule has 0 spiro atoms. The van der Waals surface area contributed by atoms with Crippen molar-refractivity contribution in [1.82, 2.24) is 4.98 Å². The maximum atomic E-state index is 10.3. The lowest BCUT2D eigenvalue weighted by atomic mass is 10.0. The average molecular weight is 213 g/mol. The second kappa shape index (κ2) is 3.61. The number of nitrogens with zero attached hydrogens (tertiary/aromatic N) is 1. The number of aliphatic hydroxyl groups excluding tert-OH is 1. The summed E-state index contributed by atoms with van der Waals surface area (Å²) in [5.41, 5.74) is 2.42. The molecule has 1 N–H and O–H groups in total. The standard InChI is InChI=1S/C13H11NO2/c15-13-9-5-3-7-14-11(9)8-16-12-6-2-1-4-10(12)13/h1-7,13,15H,8H2/t13-/m1/s1. The van der Waals surface area contributed by atoms with Gasteiger partial charge in [-0.1, -0.05) is 24.3 Å². The Hall–Kier alpha value is -1.87. The Labute approximate surface area is 93.3 Å². The Kier molecular flexibility index (Phi) is 2.11. The molecule has 0 saturated carbocycles. The number of fused-ring (bicyclic) bond motifs is 2. The average Bonchev–Trinajstić information content (AvgIpc) is 2.49. The van der Waals surface area contributed by atoms with E-state index in [1.54, 1.807) is 6.20 Å². The molecule has 0 bridgehead atoms. The summed E-state index contributed by atoms with van der Waals surface area (Å²) in [7, 11) is 0. The summed E-state index contributed by atoms with van der Waals surface area (Å²) in [6.07, 6.45) is 1.06. The van der Waals surface area contributed by atoms with Crippen LogP contribution in [0.2, 0.25) is 0 Å². The first-order valence-electron chi connectivity index (χ1n) is 5.20. The van der Waals surface area contributed by atoms with Crippen LogP contribution in [0.1, 0.15) is 22.9 Å². The van der Waals surface area contributed by atoms with E-state index >= 15 is 0 Å². The second-order valence-corrected chi connectivity index (χ2v) is 3.77. The summed E-state index contributed by atoms with van der Waals surface area (Å²) < 4.78 is 5.62. The lowest BCUT2D eigenvalue weighted by Crippen LogP contribution is -2.02. The molecule has 1 aliphatic rings. The third kappa shape index (κ3) is 1.37. The van der Waals surface area contributed by atoms with E-state index < -0.39 is 6.10 Å². The van der Waals surface area contributed by atoms with Crippen LogP contribution in [0.25, 0.3) is 0 Å². The van der Waals surface area contributed by atoms with Crippen molar-refractivity contribution in [2.45, 2.75) is 12.7 Å². The Balaban J connectivity index is 2.18. The van der Waals surface area contributed by atoms with Crippen molar-refractivity contribution in [2.75, 3.05) is 0 Å². The Morgan fingerprint density at radius 2 is 1.94 bits per heavy atom. The smallest absolute Gasteiger partial charge is 0.131 e. The van der Waals surface area contributed by atoms with E-state index in [1.165, 1.54) is 0 Å². The molecule has 0 radical (unpaired) electrons. The zero-order valence-electron chi connectivity index (χ0n) is 8.63. The predicted molar refractivity (Wildman–Crippen MR) is 59.1 cm³/mol. The van der Waals surface area contributed by atoms with E-state index in [4.69, 9.17) is 4.74 Å². The van der Waals surface area contributed by atoms with Crippen LogP contribution in [-0.4, -0.2) is 10.1 Å². The molecular formula is C13H11NO2. The van der Waals surface area contributed by atoms with E-state index in [0.29, 0.717) is 6.61 Å². The molecule has 0 saturated heterocycles. The van der Waals surface area contributed by atoms with Crippen LogP contribution < -0.4 is 4.74 Å². The quantitative estimate of drug-likeness (QED) is 0.728. The number of aliphatic hydroxyl groups is 1. The predicted octanol–water partition coefficient (Wildman–Crippen LogP) is 2.06. The van der Waals surface area contributed by atoms with E-state index in [9.17, 15) is 5.11 Å². The van der Waals surface area contributed by atoms with Crippen molar-refractivity contribution >= 4 is 0 Å². The summed E-state index contributed by atoms with van der Waals surface area (Å²) in [5, 5.41) is 10.3. The first-order chi connectivity index (χ1) is 7.86. The summed E-state index contributed by atoms with van der Waals surface area (Å²) in [6.45, 7) is 0.407. The minimum Gasteiger partial charge on any atom is -0.487 e. The van der Waals surface area contributed by atoms with E-state index in [2.05, 4.69) is 4.98 Å². The molecule has 80 valence electrons. The van der Waals surface area contributed by atoms with Gasteiger partial charge in [-0.25, -0.2) is 0 Å². The molecule has 2 aromatic rings. The second-order valence-electron chi connectivity index (χ2n) is 3.77. The normalized spacial score (nSPS) is 17.9. The topological polar surface area (TPSA) is 42.4 Å². The van der Waals surface area contributed by atoms with Crippen molar-refractivity contribution in [2.24, 2.45) is 0 Å². The van der Waals surface area contributed by atoms with Crippen LogP contribution in [0, 0.1) is 0 Å². The molecule has 0 fully saturated rings. The maximum absolute atomic E-state index is 10.3. The number of rotatable bonds is 0. The highest BCUT2D eigenvalue weighted by molar-refractivity contribution is 5.43. The van der Waals surface area contributed by atoms with Crippen LogP contribution in [-0.2, 0) is 6.61 Å². The van der Waals surface area contributed by atoms with Gasteiger partial charge in [-0.3, -0.25) is 4.98 Å². The van der Waals surface area contributed by atoms with Gasteiger partial charge in [0.05, 0.1) is 5.69 Å². The highest BCUT2D eigenvalue weighted by atomic mass is 16.5. The Morgan fingerprint density at radius 3 is 2.88 bits per heavy atom. The molecule has 0 unspecified atom stereocenters. The van der Waals surface area contributed by atoms with Crippen molar-refractivity contribution in [1.29, 1.82) is 0 Å². The molecule has 1 aliphatic heterocycles. The van der Waals surface area contributed by atoms with Gasteiger partial charge in [0.25, 0.3) is 0 Å². The number of aromatic nitrogens is 1. The molecule has 3 heteroatoms. The number of benzene rings is 1. The molecule has 1 aromatic carbocycles. The van der Waals surface area contributed by atoms with Gasteiger partial charge in [0.2, 0.25) is 0 Å². The van der Waals surface area contributed by atoms with Crippen LogP contribution in [0.15, 0.2) is 42.6 Å². The van der Waals surface area contributed by atoms with Gasteiger partial charge in [0.15, 0.2) is 0 Å². The summed E-state index contributed by atoms with van der Waals surface area (Å²) in [6, 6.07) is 11.3. The fourth-order valence-electron chi connectivity index (χ4n) is 1.97. The third-order valence-corrected chi connectivity index (χ3v) is 2.80. The molecular weight excluding hydrogens is 202 g/mol. The van der Waals surface area contributed by atoms with Crippen molar-refractivity contribution in [3.05, 3.63) is 59.4 Å². The first kappa shape index (κ1) is 9.36. The van der Waals surface area contributed by atoms with Gasteiger partial charge in [-0.2, -0.15) is 0 Å². The molecule has 0 aliphatic carbocycles. The zero-order chi connectivity index (χ0) is 11.0. The van der Waals surface area contributed by atoms with Gasteiger partial charge in [0, 0.05) is 17.3 Å². The molecule has 2 heterocycles. The van der Waals surface area contributed by atoms with Crippen LogP contribution in [0.5, 0.6) is 5.75 Å². The van der Waals surface area contributed by atoms with Crippen molar-refractivity contribution < 1.29 is 9.84 Å². The van der Waals surface area contributed by atoms with E-state index in [0.717, 1.165) is 22.6 Å². The minimum atomic E-state index is -0.651. The van der Waals surface area contributed by atoms with Crippen molar-refractivity contribution in [3.8, 4) is 5.75 Å². The molecule has 0 amide bonds. The zero-order valence-corrected chi connectivity index (χ0v) is 8.63. The van der Waals surface area contributed by atoms with Gasteiger partial charge in [-0.15, -0.1) is 0 Å². The highest BCUT2D eigenvalue weighted by Gasteiger charge is 2.22. The highest BCUT2D eigenvalue weighted by Crippen LogP contribution is 2.34. The number of pyridine rings is 1. The first-order valence-corrected chi connectivity index (χ1v) is 5.20. The lowest BCUT2D eigenvalue weighted by molar-refractivity contribution is 0.218. The SMILES string of the molecule is O[C@H]1c2ccccc2OCc2ncccc21. The van der Waals surface area contributed by atoms with Gasteiger partial charge in [0.1, 0.15) is 18.5 Å². The summed E-state index contributed by atoms with van der Waals surface area (Å²) in [5.74, 6) is 0.730. The van der Waals surface area contributed by atoms with E-state index in [-0.39, 0.29) is 0 Å². The largest absolute Gasteiger partial charge is 0.487 e. The van der Waals surface area contributed by atoms with Gasteiger partial charge in [-0.05, 0) is 12.1 Å². The fourth-order valence-corrected chi connectivity index (χ4v) is 1.97. The number of para-hydroxylation sites is 1. The third-order valence-electron chi connectivity index (χ3n) is 2.80. The Bertz CT molecular complexity index is 477. The summed E-state index contributed by atoms with van der Waals surface area (Å²) >= 11 is 0. The monoisotopic (exact) mass is 213 g/mol. The van der Waals surface area contributed by atoms with Crippen LogP contribution in [0.3, 0.4) is 0 Å². The molecule has 16 heavy (non-hydrogen) atoms. The Morgan fingerprint density at radius 1 is 1.12 bits per heavy atom.